The third-order valence-corrected chi connectivity index (χ3v) is 3.88. The molecule has 2 heteroatoms. The smallest absolute Gasteiger partial charge is 0.0468 e. The van der Waals surface area contributed by atoms with Gasteiger partial charge in [0.25, 0.3) is 0 Å². The molecule has 1 unspecified atom stereocenters. The first-order valence-corrected chi connectivity index (χ1v) is 6.56. The van der Waals surface area contributed by atoms with Crippen molar-refractivity contribution in [1.82, 2.24) is 5.32 Å². The number of hydrogen-bond acceptors (Lipinski definition) is 2. The molecule has 1 N–H and O–H groups in total. The van der Waals surface area contributed by atoms with Crippen LogP contribution in [0.4, 0.5) is 0 Å². The molecule has 1 atom stereocenters. The van der Waals surface area contributed by atoms with Gasteiger partial charge in [-0.25, -0.2) is 0 Å². The first-order valence-electron chi connectivity index (χ1n) is 6.56. The van der Waals surface area contributed by atoms with Gasteiger partial charge in [0.05, 0.1) is 0 Å². The highest BCUT2D eigenvalue weighted by Crippen LogP contribution is 2.43. The van der Waals surface area contributed by atoms with Crippen LogP contribution in [0.25, 0.3) is 0 Å². The van der Waals surface area contributed by atoms with Crippen molar-refractivity contribution in [2.45, 2.75) is 51.5 Å². The van der Waals surface area contributed by atoms with Crippen molar-refractivity contribution in [1.29, 1.82) is 0 Å². The van der Waals surface area contributed by atoms with Crippen LogP contribution in [-0.4, -0.2) is 26.3 Å². The van der Waals surface area contributed by atoms with Crippen LogP contribution < -0.4 is 5.32 Å². The van der Waals surface area contributed by atoms with Crippen molar-refractivity contribution < 1.29 is 4.74 Å². The van der Waals surface area contributed by atoms with E-state index >= 15 is 0 Å². The summed E-state index contributed by atoms with van der Waals surface area (Å²) in [5.74, 6) is 0. The summed E-state index contributed by atoms with van der Waals surface area (Å²) in [7, 11) is 1.80. The van der Waals surface area contributed by atoms with Crippen molar-refractivity contribution in [3.8, 4) is 0 Å². The summed E-state index contributed by atoms with van der Waals surface area (Å²) in [5.41, 5.74) is 0.540. The number of allylic oxidation sites excluding steroid dienone is 1. The molecular formula is C14H27NO. The fourth-order valence-corrected chi connectivity index (χ4v) is 2.37. The van der Waals surface area contributed by atoms with Gasteiger partial charge in [0.15, 0.2) is 0 Å². The lowest BCUT2D eigenvalue weighted by molar-refractivity contribution is 0.0666. The summed E-state index contributed by atoms with van der Waals surface area (Å²) < 4.78 is 5.20. The van der Waals surface area contributed by atoms with Crippen molar-refractivity contribution >= 4 is 0 Å². The van der Waals surface area contributed by atoms with E-state index < -0.39 is 0 Å². The zero-order valence-electron chi connectivity index (χ0n) is 10.9. The van der Waals surface area contributed by atoms with Gasteiger partial charge < -0.3 is 10.1 Å². The Hall–Kier alpha value is -0.340. The molecule has 0 spiro atoms. The van der Waals surface area contributed by atoms with E-state index in [1.54, 1.807) is 7.11 Å². The SMILES string of the molecule is C=CCCC(C)NCC1(CCOC)CCC1. The number of nitrogens with one attached hydrogen (secondary N) is 1. The Morgan fingerprint density at radius 2 is 2.25 bits per heavy atom. The van der Waals surface area contributed by atoms with Crippen LogP contribution in [0.3, 0.4) is 0 Å². The van der Waals surface area contributed by atoms with Gasteiger partial charge in [0.1, 0.15) is 0 Å². The molecule has 0 aliphatic heterocycles. The van der Waals surface area contributed by atoms with Gasteiger partial charge in [0, 0.05) is 26.3 Å². The van der Waals surface area contributed by atoms with Crippen LogP contribution in [-0.2, 0) is 4.74 Å². The number of rotatable bonds is 9. The second-order valence-electron chi connectivity index (χ2n) is 5.24. The summed E-state index contributed by atoms with van der Waals surface area (Å²) in [6.45, 7) is 8.10. The Labute approximate surface area is 100 Å². The normalized spacial score (nSPS) is 20.1. The Bertz CT molecular complexity index is 199. The predicted octanol–water partition coefficient (Wildman–Crippen LogP) is 3.14. The molecule has 0 aromatic carbocycles. The standard InChI is InChI=1S/C14H27NO/c1-4-5-7-13(2)15-12-14(8-6-9-14)10-11-16-3/h4,13,15H,1,5-12H2,2-3H3. The molecule has 1 fully saturated rings. The Morgan fingerprint density at radius 3 is 2.75 bits per heavy atom. The highest BCUT2D eigenvalue weighted by molar-refractivity contribution is 4.90. The molecule has 0 heterocycles. The third kappa shape index (κ3) is 4.26. The highest BCUT2D eigenvalue weighted by Gasteiger charge is 2.36. The van der Waals surface area contributed by atoms with Crippen LogP contribution in [0, 0.1) is 5.41 Å². The van der Waals surface area contributed by atoms with Crippen LogP contribution >= 0.6 is 0 Å². The van der Waals surface area contributed by atoms with Gasteiger partial charge in [-0.3, -0.25) is 0 Å². The molecule has 1 rings (SSSR count). The second kappa shape index (κ2) is 7.08. The predicted molar refractivity (Wildman–Crippen MR) is 69.7 cm³/mol. The van der Waals surface area contributed by atoms with Gasteiger partial charge in [-0.2, -0.15) is 0 Å². The van der Waals surface area contributed by atoms with E-state index in [4.69, 9.17) is 4.74 Å². The zero-order chi connectivity index (χ0) is 11.9. The quantitative estimate of drug-likeness (QED) is 0.609. The minimum Gasteiger partial charge on any atom is -0.385 e. The van der Waals surface area contributed by atoms with Crippen LogP contribution in [0.2, 0.25) is 0 Å². The topological polar surface area (TPSA) is 21.3 Å². The molecule has 1 saturated carbocycles. The van der Waals surface area contributed by atoms with Gasteiger partial charge in [-0.05, 0) is 44.4 Å². The number of ether oxygens (including phenoxy) is 1. The molecule has 0 bridgehead atoms. The maximum absolute atomic E-state index is 5.20. The molecule has 94 valence electrons. The van der Waals surface area contributed by atoms with E-state index in [2.05, 4.69) is 18.8 Å². The van der Waals surface area contributed by atoms with E-state index in [9.17, 15) is 0 Å². The molecule has 0 radical (unpaired) electrons. The first-order chi connectivity index (χ1) is 7.72. The van der Waals surface area contributed by atoms with Gasteiger partial charge in [0.2, 0.25) is 0 Å². The molecule has 0 saturated heterocycles. The minimum absolute atomic E-state index is 0.540. The van der Waals surface area contributed by atoms with E-state index in [0.717, 1.165) is 19.6 Å². The average molecular weight is 225 g/mol. The molecule has 0 aromatic rings. The Balaban J connectivity index is 2.19. The first kappa shape index (κ1) is 13.7. The lowest BCUT2D eigenvalue weighted by atomic mass is 9.66. The van der Waals surface area contributed by atoms with Crippen LogP contribution in [0.5, 0.6) is 0 Å². The maximum Gasteiger partial charge on any atom is 0.0468 e. The summed E-state index contributed by atoms with van der Waals surface area (Å²) in [4.78, 5) is 0. The molecule has 0 amide bonds. The second-order valence-corrected chi connectivity index (χ2v) is 5.24. The van der Waals surface area contributed by atoms with E-state index in [1.807, 2.05) is 6.08 Å². The Morgan fingerprint density at radius 1 is 1.50 bits per heavy atom. The van der Waals surface area contributed by atoms with Gasteiger partial charge in [-0.1, -0.05) is 12.5 Å². The molecule has 16 heavy (non-hydrogen) atoms. The maximum atomic E-state index is 5.20. The summed E-state index contributed by atoms with van der Waals surface area (Å²) >= 11 is 0. The van der Waals surface area contributed by atoms with Crippen LogP contribution in [0.15, 0.2) is 12.7 Å². The molecule has 0 aromatic heterocycles. The highest BCUT2D eigenvalue weighted by atomic mass is 16.5. The molecule has 2 nitrogen and oxygen atoms in total. The lowest BCUT2D eigenvalue weighted by Gasteiger charge is -2.43. The summed E-state index contributed by atoms with van der Waals surface area (Å²) in [6.07, 6.45) is 9.66. The summed E-state index contributed by atoms with van der Waals surface area (Å²) in [6, 6.07) is 0.609. The fraction of sp³-hybridized carbons (Fsp3) is 0.857. The van der Waals surface area contributed by atoms with E-state index in [1.165, 1.54) is 32.1 Å². The van der Waals surface area contributed by atoms with Gasteiger partial charge in [-0.15, -0.1) is 6.58 Å². The summed E-state index contributed by atoms with van der Waals surface area (Å²) in [5, 5.41) is 3.67. The fourth-order valence-electron chi connectivity index (χ4n) is 2.37. The number of hydrogen-bond donors (Lipinski definition) is 1. The molecular weight excluding hydrogens is 198 g/mol. The van der Waals surface area contributed by atoms with Crippen molar-refractivity contribution in [3.05, 3.63) is 12.7 Å². The third-order valence-electron chi connectivity index (χ3n) is 3.88. The average Bonchev–Trinajstić information content (AvgIpc) is 2.24. The van der Waals surface area contributed by atoms with E-state index in [-0.39, 0.29) is 0 Å². The largest absolute Gasteiger partial charge is 0.385 e. The molecule has 1 aliphatic rings. The monoisotopic (exact) mass is 225 g/mol. The Kier molecular flexibility index (Phi) is 6.07. The van der Waals surface area contributed by atoms with E-state index in [0.29, 0.717) is 11.5 Å². The number of methoxy groups -OCH3 is 1. The minimum atomic E-state index is 0.540. The van der Waals surface area contributed by atoms with Crippen LogP contribution in [0.1, 0.15) is 45.4 Å². The van der Waals surface area contributed by atoms with Gasteiger partial charge >= 0.3 is 0 Å². The molecule has 1 aliphatic carbocycles. The van der Waals surface area contributed by atoms with Crippen molar-refractivity contribution in [2.75, 3.05) is 20.3 Å². The zero-order valence-corrected chi connectivity index (χ0v) is 10.9. The van der Waals surface area contributed by atoms with Crippen molar-refractivity contribution in [3.63, 3.8) is 0 Å². The lowest BCUT2D eigenvalue weighted by Crippen LogP contribution is -2.43. The van der Waals surface area contributed by atoms with Crippen molar-refractivity contribution in [2.24, 2.45) is 5.41 Å².